The van der Waals surface area contributed by atoms with Gasteiger partial charge in [0.2, 0.25) is 5.95 Å². The van der Waals surface area contributed by atoms with Crippen LogP contribution in [-0.4, -0.2) is 46.2 Å². The fraction of sp³-hybridized carbons (Fsp3) is 0.375. The molecule has 1 aliphatic rings. The molecule has 4 rings (SSSR count). The van der Waals surface area contributed by atoms with Gasteiger partial charge in [0.1, 0.15) is 16.2 Å². The van der Waals surface area contributed by atoms with Crippen LogP contribution in [0.5, 0.6) is 0 Å². The minimum absolute atomic E-state index is 0.345. The van der Waals surface area contributed by atoms with Crippen LogP contribution in [0.4, 0.5) is 16.9 Å². The zero-order valence-electron chi connectivity index (χ0n) is 13.8. The minimum atomic E-state index is 0.345. The van der Waals surface area contributed by atoms with E-state index >= 15 is 0 Å². The van der Waals surface area contributed by atoms with Gasteiger partial charge in [0.15, 0.2) is 5.13 Å². The van der Waals surface area contributed by atoms with Crippen LogP contribution in [0.25, 0.3) is 10.3 Å². The Kier molecular flexibility index (Phi) is 4.68. The molecule has 1 saturated heterocycles. The van der Waals surface area contributed by atoms with E-state index in [1.165, 1.54) is 11.3 Å². The maximum absolute atomic E-state index is 5.22. The second-order valence-corrected chi connectivity index (χ2v) is 6.78. The number of ether oxygens (including phenoxy) is 1. The summed E-state index contributed by atoms with van der Waals surface area (Å²) in [6.07, 6.45) is 2.83. The fourth-order valence-corrected chi connectivity index (χ4v) is 3.56. The lowest BCUT2D eigenvalue weighted by molar-refractivity contribution is 0.181. The number of aromatic nitrogens is 4. The second-order valence-electron chi connectivity index (χ2n) is 5.81. The molecule has 3 aromatic heterocycles. The first-order chi connectivity index (χ1) is 12.3. The van der Waals surface area contributed by atoms with Crippen LogP contribution in [0, 0.1) is 0 Å². The maximum atomic E-state index is 5.22. The Balaban J connectivity index is 1.59. The van der Waals surface area contributed by atoms with Gasteiger partial charge in [-0.25, -0.2) is 15.0 Å². The van der Waals surface area contributed by atoms with E-state index in [1.54, 1.807) is 13.3 Å². The summed E-state index contributed by atoms with van der Waals surface area (Å²) in [4.78, 5) is 18.9. The third-order valence-corrected chi connectivity index (χ3v) is 4.76. The largest absolute Gasteiger partial charge is 0.378 e. The average molecular weight is 357 g/mol. The second kappa shape index (κ2) is 7.26. The van der Waals surface area contributed by atoms with Crippen LogP contribution in [0.15, 0.2) is 24.4 Å². The lowest BCUT2D eigenvalue weighted by Gasteiger charge is -2.13. The summed E-state index contributed by atoms with van der Waals surface area (Å²) in [6.45, 7) is 2.36. The van der Waals surface area contributed by atoms with Crippen molar-refractivity contribution in [2.75, 3.05) is 30.8 Å². The number of hydrogen-bond acceptors (Lipinski definition) is 9. The molecule has 0 saturated carbocycles. The van der Waals surface area contributed by atoms with Crippen molar-refractivity contribution in [2.45, 2.75) is 19.1 Å². The van der Waals surface area contributed by atoms with Gasteiger partial charge in [-0.15, -0.1) is 0 Å². The van der Waals surface area contributed by atoms with Crippen molar-refractivity contribution < 1.29 is 4.74 Å². The van der Waals surface area contributed by atoms with Crippen LogP contribution >= 0.6 is 11.3 Å². The van der Waals surface area contributed by atoms with E-state index in [0.29, 0.717) is 24.4 Å². The normalized spacial score (nSPS) is 17.1. The first-order valence-electron chi connectivity index (χ1n) is 8.13. The molecule has 9 heteroatoms. The van der Waals surface area contributed by atoms with E-state index in [0.717, 1.165) is 40.7 Å². The highest BCUT2D eigenvalue weighted by Gasteiger charge is 2.16. The Morgan fingerprint density at radius 3 is 3.12 bits per heavy atom. The van der Waals surface area contributed by atoms with E-state index in [4.69, 9.17) is 4.74 Å². The van der Waals surface area contributed by atoms with Gasteiger partial charge in [-0.05, 0) is 25.1 Å². The van der Waals surface area contributed by atoms with Gasteiger partial charge in [0, 0.05) is 32.0 Å². The van der Waals surface area contributed by atoms with Crippen molar-refractivity contribution in [3.8, 4) is 0 Å². The highest BCUT2D eigenvalue weighted by atomic mass is 32.1. The Labute approximate surface area is 149 Å². The van der Waals surface area contributed by atoms with Gasteiger partial charge in [-0.2, -0.15) is 4.98 Å². The lowest BCUT2D eigenvalue weighted by atomic mass is 10.3. The van der Waals surface area contributed by atoms with Gasteiger partial charge in [0.25, 0.3) is 0 Å². The van der Waals surface area contributed by atoms with Crippen molar-refractivity contribution in [3.05, 3.63) is 30.1 Å². The maximum Gasteiger partial charge on any atom is 0.225 e. The third-order valence-electron chi connectivity index (χ3n) is 3.87. The number of thiazole rings is 1. The molecule has 1 fully saturated rings. The number of pyridine rings is 1. The van der Waals surface area contributed by atoms with Gasteiger partial charge < -0.3 is 20.7 Å². The van der Waals surface area contributed by atoms with Crippen molar-refractivity contribution in [2.24, 2.45) is 0 Å². The molecule has 8 nitrogen and oxygen atoms in total. The molecule has 130 valence electrons. The molecular formula is C16H19N7OS. The number of hydrogen-bond donors (Lipinski definition) is 3. The molecule has 25 heavy (non-hydrogen) atoms. The summed E-state index contributed by atoms with van der Waals surface area (Å²) in [5.74, 6) is 1.29. The Morgan fingerprint density at radius 2 is 2.32 bits per heavy atom. The monoisotopic (exact) mass is 357 g/mol. The Morgan fingerprint density at radius 1 is 1.36 bits per heavy atom. The van der Waals surface area contributed by atoms with Gasteiger partial charge in [-0.3, -0.25) is 0 Å². The Hall–Kier alpha value is -2.36. The lowest BCUT2D eigenvalue weighted by Crippen LogP contribution is -2.23. The van der Waals surface area contributed by atoms with Crippen molar-refractivity contribution in [3.63, 3.8) is 0 Å². The minimum Gasteiger partial charge on any atom is -0.378 e. The molecular weight excluding hydrogens is 338 g/mol. The topological polar surface area (TPSA) is 96.9 Å². The van der Waals surface area contributed by atoms with Gasteiger partial charge >= 0.3 is 0 Å². The first kappa shape index (κ1) is 16.1. The van der Waals surface area contributed by atoms with Crippen molar-refractivity contribution in [1.82, 2.24) is 25.3 Å². The van der Waals surface area contributed by atoms with E-state index in [-0.39, 0.29) is 0 Å². The van der Waals surface area contributed by atoms with Crippen LogP contribution in [-0.2, 0) is 11.3 Å². The number of anilines is 3. The standard InChI is InChI=1S/C16H19N7OS/c1-24-9-11-7-13(22-15(20-11)19-10-4-6-17-8-10)23-16-21-12-3-2-5-18-14(12)25-16/h2-3,5,7,10,17H,4,6,8-9H2,1H3,(H2,19,20,21,22,23). The van der Waals surface area contributed by atoms with Gasteiger partial charge in [-0.1, -0.05) is 11.3 Å². The van der Waals surface area contributed by atoms with Crippen LogP contribution in [0.3, 0.4) is 0 Å². The third kappa shape index (κ3) is 3.84. The number of nitrogens with zero attached hydrogens (tertiary/aromatic N) is 4. The molecule has 0 aliphatic carbocycles. The number of fused-ring (bicyclic) bond motifs is 1. The van der Waals surface area contributed by atoms with E-state index in [1.807, 2.05) is 18.2 Å². The highest BCUT2D eigenvalue weighted by molar-refractivity contribution is 7.21. The van der Waals surface area contributed by atoms with Gasteiger partial charge in [0.05, 0.1) is 12.3 Å². The van der Waals surface area contributed by atoms with Crippen molar-refractivity contribution in [1.29, 1.82) is 0 Å². The van der Waals surface area contributed by atoms with E-state index < -0.39 is 0 Å². The zero-order valence-corrected chi connectivity index (χ0v) is 14.6. The summed E-state index contributed by atoms with van der Waals surface area (Å²) in [5, 5.41) is 10.7. The molecule has 0 bridgehead atoms. The number of methoxy groups -OCH3 is 1. The summed E-state index contributed by atoms with van der Waals surface area (Å²) in [7, 11) is 1.66. The molecule has 0 amide bonds. The van der Waals surface area contributed by atoms with E-state index in [9.17, 15) is 0 Å². The quantitative estimate of drug-likeness (QED) is 0.617. The molecule has 3 N–H and O–H groups in total. The summed E-state index contributed by atoms with van der Waals surface area (Å²) in [5.41, 5.74) is 1.68. The highest BCUT2D eigenvalue weighted by Crippen LogP contribution is 2.26. The molecule has 0 spiro atoms. The molecule has 0 aromatic carbocycles. The molecule has 1 aliphatic heterocycles. The average Bonchev–Trinajstić information content (AvgIpc) is 3.23. The number of nitrogens with one attached hydrogen (secondary N) is 3. The summed E-state index contributed by atoms with van der Waals surface area (Å²) in [6, 6.07) is 6.05. The molecule has 1 atom stereocenters. The SMILES string of the molecule is COCc1cc(Nc2nc3cccnc3s2)nc(NC2CCNC2)n1. The first-order valence-corrected chi connectivity index (χ1v) is 8.94. The summed E-state index contributed by atoms with van der Waals surface area (Å²) < 4.78 is 5.22. The predicted molar refractivity (Wildman–Crippen MR) is 98.3 cm³/mol. The van der Waals surface area contributed by atoms with Crippen LogP contribution in [0.2, 0.25) is 0 Å². The summed E-state index contributed by atoms with van der Waals surface area (Å²) >= 11 is 1.49. The smallest absolute Gasteiger partial charge is 0.225 e. The molecule has 1 unspecified atom stereocenters. The molecule has 0 radical (unpaired) electrons. The predicted octanol–water partition coefficient (Wildman–Crippen LogP) is 2.15. The van der Waals surface area contributed by atoms with E-state index in [2.05, 4.69) is 35.9 Å². The van der Waals surface area contributed by atoms with Crippen LogP contribution < -0.4 is 16.0 Å². The fourth-order valence-electron chi connectivity index (χ4n) is 2.74. The Bertz CT molecular complexity index is 830. The van der Waals surface area contributed by atoms with Crippen molar-refractivity contribution >= 4 is 38.6 Å². The zero-order chi connectivity index (χ0) is 17.1. The molecule has 4 heterocycles. The number of rotatable bonds is 6. The van der Waals surface area contributed by atoms with Crippen LogP contribution in [0.1, 0.15) is 12.1 Å². The molecule has 3 aromatic rings.